The Labute approximate surface area is 170 Å². The summed E-state index contributed by atoms with van der Waals surface area (Å²) >= 11 is 1.35. The molecule has 1 amide bonds. The second kappa shape index (κ2) is 8.62. The molecule has 0 radical (unpaired) electrons. The van der Waals surface area contributed by atoms with Crippen LogP contribution in [0, 0.1) is 13.8 Å². The highest BCUT2D eigenvalue weighted by Crippen LogP contribution is 2.21. The van der Waals surface area contributed by atoms with Crippen molar-refractivity contribution >= 4 is 27.7 Å². The number of carbonyl (C=O) groups is 1. The van der Waals surface area contributed by atoms with E-state index in [4.69, 9.17) is 0 Å². The quantitative estimate of drug-likeness (QED) is 0.655. The second-order valence-corrected chi connectivity index (χ2v) is 9.60. The Balaban J connectivity index is 1.57. The topological polar surface area (TPSA) is 88.4 Å². The minimum absolute atomic E-state index is 0.0149. The summed E-state index contributed by atoms with van der Waals surface area (Å²) in [6.45, 7) is 7.99. The molecular weight excluding hydrogens is 398 g/mol. The molecule has 0 unspecified atom stereocenters. The van der Waals surface area contributed by atoms with E-state index in [0.29, 0.717) is 36.2 Å². The molecule has 3 rings (SSSR count). The van der Waals surface area contributed by atoms with Crippen LogP contribution in [0.1, 0.15) is 18.1 Å². The summed E-state index contributed by atoms with van der Waals surface area (Å²) in [5.74, 6) is 0.252. The van der Waals surface area contributed by atoms with E-state index in [1.165, 1.54) is 16.1 Å². The van der Waals surface area contributed by atoms with Crippen LogP contribution in [0.2, 0.25) is 0 Å². The van der Waals surface area contributed by atoms with Gasteiger partial charge in [0.1, 0.15) is 6.33 Å². The monoisotopic (exact) mass is 423 g/mol. The number of rotatable bonds is 6. The van der Waals surface area contributed by atoms with Crippen molar-refractivity contribution in [2.24, 2.45) is 0 Å². The molecule has 1 aromatic heterocycles. The third-order valence-corrected chi connectivity index (χ3v) is 7.81. The first kappa shape index (κ1) is 20.8. The minimum atomic E-state index is -3.54. The fourth-order valence-electron chi connectivity index (χ4n) is 2.99. The molecule has 10 heteroatoms. The summed E-state index contributed by atoms with van der Waals surface area (Å²) in [7, 11) is -3.54. The zero-order valence-electron chi connectivity index (χ0n) is 16.3. The minimum Gasteiger partial charge on any atom is -0.339 e. The molecule has 0 saturated carbocycles. The second-order valence-electron chi connectivity index (χ2n) is 6.72. The summed E-state index contributed by atoms with van der Waals surface area (Å²) in [5, 5.41) is 8.58. The van der Waals surface area contributed by atoms with Crippen molar-refractivity contribution in [1.82, 2.24) is 24.0 Å². The van der Waals surface area contributed by atoms with Crippen molar-refractivity contribution in [3.63, 3.8) is 0 Å². The molecule has 0 bridgehead atoms. The Morgan fingerprint density at radius 2 is 1.86 bits per heavy atom. The van der Waals surface area contributed by atoms with Crippen molar-refractivity contribution in [1.29, 1.82) is 0 Å². The summed E-state index contributed by atoms with van der Waals surface area (Å²) in [6, 6.07) is 5.19. The van der Waals surface area contributed by atoms with Crippen LogP contribution in [0.4, 0.5) is 0 Å². The van der Waals surface area contributed by atoms with E-state index in [-0.39, 0.29) is 11.7 Å². The van der Waals surface area contributed by atoms with E-state index >= 15 is 0 Å². The zero-order chi connectivity index (χ0) is 20.3. The largest absolute Gasteiger partial charge is 0.339 e. The molecule has 0 N–H and O–H groups in total. The Hall–Kier alpha value is -1.91. The van der Waals surface area contributed by atoms with Crippen LogP contribution in [-0.4, -0.2) is 70.2 Å². The van der Waals surface area contributed by atoms with E-state index in [1.807, 2.05) is 31.4 Å². The normalized spacial score (nSPS) is 15.8. The van der Waals surface area contributed by atoms with Gasteiger partial charge in [0.15, 0.2) is 5.16 Å². The maximum absolute atomic E-state index is 12.9. The molecule has 2 aromatic rings. The van der Waals surface area contributed by atoms with Gasteiger partial charge in [-0.3, -0.25) is 4.79 Å². The first-order valence-corrected chi connectivity index (χ1v) is 11.6. The van der Waals surface area contributed by atoms with Crippen LogP contribution in [0.3, 0.4) is 0 Å². The number of amides is 1. The van der Waals surface area contributed by atoms with E-state index in [9.17, 15) is 13.2 Å². The summed E-state index contributed by atoms with van der Waals surface area (Å²) in [4.78, 5) is 14.5. The number of thioether (sulfide) groups is 1. The highest BCUT2D eigenvalue weighted by atomic mass is 32.2. The maximum atomic E-state index is 12.9. The SMILES string of the molecule is CCn1cnnc1SCC(=O)N1CCN(S(=O)(=O)c2ccc(C)c(C)c2)CC1. The van der Waals surface area contributed by atoms with Gasteiger partial charge in [0.05, 0.1) is 10.6 Å². The molecule has 1 saturated heterocycles. The van der Waals surface area contributed by atoms with Crippen LogP contribution >= 0.6 is 11.8 Å². The van der Waals surface area contributed by atoms with Crippen LogP contribution in [0.15, 0.2) is 34.6 Å². The van der Waals surface area contributed by atoms with E-state index in [2.05, 4.69) is 10.2 Å². The Morgan fingerprint density at radius 1 is 1.14 bits per heavy atom. The molecule has 152 valence electrons. The summed E-state index contributed by atoms with van der Waals surface area (Å²) < 4.78 is 29.1. The predicted molar refractivity (Wildman–Crippen MR) is 108 cm³/mol. The molecule has 2 heterocycles. The van der Waals surface area contributed by atoms with Gasteiger partial charge in [-0.25, -0.2) is 8.42 Å². The van der Waals surface area contributed by atoms with Gasteiger partial charge >= 0.3 is 0 Å². The lowest BCUT2D eigenvalue weighted by molar-refractivity contribution is -0.129. The smallest absolute Gasteiger partial charge is 0.243 e. The fraction of sp³-hybridized carbons (Fsp3) is 0.500. The van der Waals surface area contributed by atoms with Gasteiger partial charge in [-0.2, -0.15) is 4.31 Å². The van der Waals surface area contributed by atoms with Crippen LogP contribution < -0.4 is 0 Å². The Morgan fingerprint density at radius 3 is 2.50 bits per heavy atom. The van der Waals surface area contributed by atoms with Gasteiger partial charge in [-0.15, -0.1) is 10.2 Å². The molecule has 1 aliphatic heterocycles. The standard InChI is InChI=1S/C18H25N5O3S2/c1-4-21-13-19-20-18(21)27-12-17(24)22-7-9-23(10-8-22)28(25,26)16-6-5-14(2)15(3)11-16/h5-6,11,13H,4,7-10,12H2,1-3H3. The summed E-state index contributed by atoms with van der Waals surface area (Å²) in [5.41, 5.74) is 2.01. The first-order valence-electron chi connectivity index (χ1n) is 9.18. The number of aryl methyl sites for hydroxylation is 3. The van der Waals surface area contributed by atoms with Crippen molar-refractivity contribution in [3.8, 4) is 0 Å². The predicted octanol–water partition coefficient (Wildman–Crippen LogP) is 1.54. The number of benzene rings is 1. The van der Waals surface area contributed by atoms with Crippen molar-refractivity contribution in [3.05, 3.63) is 35.7 Å². The number of aromatic nitrogens is 3. The first-order chi connectivity index (χ1) is 13.3. The lowest BCUT2D eigenvalue weighted by atomic mass is 10.1. The zero-order valence-corrected chi connectivity index (χ0v) is 18.0. The number of hydrogen-bond donors (Lipinski definition) is 0. The van der Waals surface area contributed by atoms with Crippen LogP contribution in [-0.2, 0) is 21.4 Å². The molecular formula is C18H25N5O3S2. The number of piperazine rings is 1. The van der Waals surface area contributed by atoms with E-state index in [0.717, 1.165) is 17.7 Å². The highest BCUT2D eigenvalue weighted by molar-refractivity contribution is 7.99. The van der Waals surface area contributed by atoms with Gasteiger partial charge in [0, 0.05) is 32.7 Å². The van der Waals surface area contributed by atoms with E-state index in [1.54, 1.807) is 23.4 Å². The van der Waals surface area contributed by atoms with Crippen molar-refractivity contribution in [2.45, 2.75) is 37.4 Å². The van der Waals surface area contributed by atoms with Crippen LogP contribution in [0.5, 0.6) is 0 Å². The summed E-state index contributed by atoms with van der Waals surface area (Å²) in [6.07, 6.45) is 1.64. The molecule has 1 aliphatic rings. The molecule has 8 nitrogen and oxygen atoms in total. The molecule has 0 atom stereocenters. The van der Waals surface area contributed by atoms with E-state index < -0.39 is 10.0 Å². The van der Waals surface area contributed by atoms with Crippen LogP contribution in [0.25, 0.3) is 0 Å². The molecule has 0 aliphatic carbocycles. The lowest BCUT2D eigenvalue weighted by Gasteiger charge is -2.34. The van der Waals surface area contributed by atoms with Gasteiger partial charge in [-0.05, 0) is 44.0 Å². The Kier molecular flexibility index (Phi) is 6.41. The number of sulfonamides is 1. The highest BCUT2D eigenvalue weighted by Gasteiger charge is 2.30. The average molecular weight is 424 g/mol. The Bertz CT molecular complexity index is 950. The van der Waals surface area contributed by atoms with Crippen molar-refractivity contribution < 1.29 is 13.2 Å². The van der Waals surface area contributed by atoms with Crippen molar-refractivity contribution in [2.75, 3.05) is 31.9 Å². The molecule has 28 heavy (non-hydrogen) atoms. The average Bonchev–Trinajstić information content (AvgIpc) is 3.15. The number of carbonyl (C=O) groups excluding carboxylic acids is 1. The number of nitrogens with zero attached hydrogens (tertiary/aromatic N) is 5. The third kappa shape index (κ3) is 4.39. The number of hydrogen-bond acceptors (Lipinski definition) is 6. The molecule has 1 aromatic carbocycles. The van der Waals surface area contributed by atoms with Gasteiger partial charge in [0.25, 0.3) is 0 Å². The molecule has 0 spiro atoms. The third-order valence-electron chi connectivity index (χ3n) is 4.95. The van der Waals surface area contributed by atoms with Gasteiger partial charge in [-0.1, -0.05) is 17.8 Å². The molecule has 1 fully saturated rings. The van der Waals surface area contributed by atoms with Gasteiger partial charge in [0.2, 0.25) is 15.9 Å². The van der Waals surface area contributed by atoms with Gasteiger partial charge < -0.3 is 9.47 Å². The maximum Gasteiger partial charge on any atom is 0.243 e. The lowest BCUT2D eigenvalue weighted by Crippen LogP contribution is -2.51. The fourth-order valence-corrected chi connectivity index (χ4v) is 5.38.